The molecule has 1 atom stereocenters. The first-order chi connectivity index (χ1) is 7.90. The summed E-state index contributed by atoms with van der Waals surface area (Å²) in [6.07, 6.45) is 1.05. The fourth-order valence-corrected chi connectivity index (χ4v) is 2.62. The van der Waals surface area contributed by atoms with Gasteiger partial charge in [0, 0.05) is 18.4 Å². The van der Waals surface area contributed by atoms with Crippen LogP contribution < -0.4 is 5.32 Å². The summed E-state index contributed by atoms with van der Waals surface area (Å²) in [6, 6.07) is 1.79. The van der Waals surface area contributed by atoms with E-state index in [1.807, 2.05) is 6.92 Å². The van der Waals surface area contributed by atoms with Gasteiger partial charge in [-0.25, -0.2) is 0 Å². The Kier molecular flexibility index (Phi) is 5.18. The minimum absolute atomic E-state index is 0.0682. The van der Waals surface area contributed by atoms with Gasteiger partial charge in [0.1, 0.15) is 5.69 Å². The molecule has 1 aromatic rings. The standard InChI is InChI=1S/C12H20BrN3O/c1-8(2)5-10(13)7-14-12(17)11-6-9(3)15-16(11)4/h6,8,10H,5,7H2,1-4H3,(H,14,17). The monoisotopic (exact) mass is 301 g/mol. The number of aromatic nitrogens is 2. The molecule has 0 spiro atoms. The average molecular weight is 302 g/mol. The summed E-state index contributed by atoms with van der Waals surface area (Å²) < 4.78 is 1.61. The molecule has 1 N–H and O–H groups in total. The molecule has 4 nitrogen and oxygen atoms in total. The van der Waals surface area contributed by atoms with Crippen molar-refractivity contribution >= 4 is 21.8 Å². The largest absolute Gasteiger partial charge is 0.350 e. The lowest BCUT2D eigenvalue weighted by Crippen LogP contribution is -2.31. The maximum absolute atomic E-state index is 11.9. The van der Waals surface area contributed by atoms with Crippen LogP contribution in [0.5, 0.6) is 0 Å². The van der Waals surface area contributed by atoms with Crippen molar-refractivity contribution < 1.29 is 4.79 Å². The van der Waals surface area contributed by atoms with Crippen LogP contribution in [0.1, 0.15) is 36.5 Å². The second kappa shape index (κ2) is 6.19. The van der Waals surface area contributed by atoms with E-state index in [0.717, 1.165) is 12.1 Å². The number of alkyl halides is 1. The van der Waals surface area contributed by atoms with Gasteiger partial charge in [-0.15, -0.1) is 0 Å². The van der Waals surface area contributed by atoms with Crippen molar-refractivity contribution in [2.24, 2.45) is 13.0 Å². The molecular weight excluding hydrogens is 282 g/mol. The normalized spacial score (nSPS) is 12.8. The minimum Gasteiger partial charge on any atom is -0.350 e. The Morgan fingerprint density at radius 2 is 2.24 bits per heavy atom. The zero-order chi connectivity index (χ0) is 13.0. The van der Waals surface area contributed by atoms with E-state index in [9.17, 15) is 4.79 Å². The quantitative estimate of drug-likeness (QED) is 0.848. The van der Waals surface area contributed by atoms with Crippen LogP contribution in [-0.4, -0.2) is 27.1 Å². The Morgan fingerprint density at radius 1 is 1.59 bits per heavy atom. The van der Waals surface area contributed by atoms with Gasteiger partial charge in [-0.3, -0.25) is 9.48 Å². The lowest BCUT2D eigenvalue weighted by molar-refractivity contribution is 0.0944. The predicted octanol–water partition coefficient (Wildman–Crippen LogP) is 2.27. The molecule has 1 amide bonds. The molecule has 1 aromatic heterocycles. The molecule has 0 aromatic carbocycles. The number of nitrogens with zero attached hydrogens (tertiary/aromatic N) is 2. The molecule has 1 rings (SSSR count). The van der Waals surface area contributed by atoms with E-state index in [-0.39, 0.29) is 5.91 Å². The van der Waals surface area contributed by atoms with Crippen molar-refractivity contribution in [3.63, 3.8) is 0 Å². The van der Waals surface area contributed by atoms with Gasteiger partial charge in [0.25, 0.3) is 5.91 Å². The molecule has 1 heterocycles. The van der Waals surface area contributed by atoms with Gasteiger partial charge in [0.15, 0.2) is 0 Å². The molecule has 17 heavy (non-hydrogen) atoms. The molecular formula is C12H20BrN3O. The number of hydrogen-bond acceptors (Lipinski definition) is 2. The first-order valence-corrected chi connectivity index (χ1v) is 6.74. The van der Waals surface area contributed by atoms with Gasteiger partial charge < -0.3 is 5.32 Å². The molecule has 96 valence electrons. The van der Waals surface area contributed by atoms with Crippen molar-refractivity contribution in [3.8, 4) is 0 Å². The summed E-state index contributed by atoms with van der Waals surface area (Å²) in [4.78, 5) is 12.2. The highest BCUT2D eigenvalue weighted by Gasteiger charge is 2.13. The van der Waals surface area contributed by atoms with Crippen LogP contribution in [0.2, 0.25) is 0 Å². The van der Waals surface area contributed by atoms with E-state index in [4.69, 9.17) is 0 Å². The van der Waals surface area contributed by atoms with Crippen LogP contribution in [0.3, 0.4) is 0 Å². The topological polar surface area (TPSA) is 46.9 Å². The third kappa shape index (κ3) is 4.50. The Morgan fingerprint density at radius 3 is 2.71 bits per heavy atom. The summed E-state index contributed by atoms with van der Waals surface area (Å²) in [5, 5.41) is 7.06. The number of carbonyl (C=O) groups is 1. The van der Waals surface area contributed by atoms with E-state index in [2.05, 4.69) is 40.2 Å². The highest BCUT2D eigenvalue weighted by molar-refractivity contribution is 9.09. The molecule has 0 aliphatic heterocycles. The number of aryl methyl sites for hydroxylation is 2. The maximum atomic E-state index is 11.9. The van der Waals surface area contributed by atoms with Gasteiger partial charge in [-0.2, -0.15) is 5.10 Å². The van der Waals surface area contributed by atoms with Crippen molar-refractivity contribution in [2.75, 3.05) is 6.54 Å². The Balaban J connectivity index is 2.47. The molecule has 0 fully saturated rings. The van der Waals surface area contributed by atoms with Crippen LogP contribution in [0.25, 0.3) is 0 Å². The van der Waals surface area contributed by atoms with Crippen molar-refractivity contribution in [3.05, 3.63) is 17.5 Å². The average Bonchev–Trinajstić information content (AvgIpc) is 2.53. The first-order valence-electron chi connectivity index (χ1n) is 5.83. The summed E-state index contributed by atoms with van der Waals surface area (Å²) in [5.41, 5.74) is 1.46. The van der Waals surface area contributed by atoms with Crippen LogP contribution in [0.4, 0.5) is 0 Å². The third-order valence-corrected chi connectivity index (χ3v) is 3.14. The minimum atomic E-state index is -0.0682. The second-order valence-electron chi connectivity index (χ2n) is 4.73. The smallest absolute Gasteiger partial charge is 0.269 e. The van der Waals surface area contributed by atoms with Crippen molar-refractivity contribution in [2.45, 2.75) is 32.0 Å². The van der Waals surface area contributed by atoms with E-state index >= 15 is 0 Å². The molecule has 5 heteroatoms. The number of nitrogens with one attached hydrogen (secondary N) is 1. The van der Waals surface area contributed by atoms with Gasteiger partial charge in [-0.05, 0) is 25.3 Å². The lowest BCUT2D eigenvalue weighted by Gasteiger charge is -2.13. The predicted molar refractivity (Wildman–Crippen MR) is 72.4 cm³/mol. The van der Waals surface area contributed by atoms with Crippen LogP contribution in [-0.2, 0) is 7.05 Å². The Bertz CT molecular complexity index is 387. The van der Waals surface area contributed by atoms with Gasteiger partial charge in [0.05, 0.1) is 5.69 Å². The molecule has 0 aliphatic carbocycles. The number of carbonyl (C=O) groups excluding carboxylic acids is 1. The summed E-state index contributed by atoms with van der Waals surface area (Å²) in [7, 11) is 1.78. The first kappa shape index (κ1) is 14.2. The Hall–Kier alpha value is -0.840. The third-order valence-electron chi connectivity index (χ3n) is 2.45. The highest BCUT2D eigenvalue weighted by atomic mass is 79.9. The van der Waals surface area contributed by atoms with Crippen LogP contribution >= 0.6 is 15.9 Å². The van der Waals surface area contributed by atoms with Crippen LogP contribution in [0, 0.1) is 12.8 Å². The van der Waals surface area contributed by atoms with Gasteiger partial charge in [0.2, 0.25) is 0 Å². The van der Waals surface area contributed by atoms with Crippen molar-refractivity contribution in [1.29, 1.82) is 0 Å². The SMILES string of the molecule is Cc1cc(C(=O)NCC(Br)CC(C)C)n(C)n1. The molecule has 0 radical (unpaired) electrons. The molecule has 0 aliphatic rings. The molecule has 0 saturated heterocycles. The number of hydrogen-bond donors (Lipinski definition) is 1. The fraction of sp³-hybridized carbons (Fsp3) is 0.667. The Labute approximate surface area is 111 Å². The van der Waals surface area contributed by atoms with E-state index in [1.165, 1.54) is 0 Å². The van der Waals surface area contributed by atoms with E-state index < -0.39 is 0 Å². The van der Waals surface area contributed by atoms with Crippen LogP contribution in [0.15, 0.2) is 6.07 Å². The molecule has 1 unspecified atom stereocenters. The number of amides is 1. The fourth-order valence-electron chi connectivity index (χ4n) is 1.71. The molecule has 0 saturated carbocycles. The van der Waals surface area contributed by atoms with Crippen molar-refractivity contribution in [1.82, 2.24) is 15.1 Å². The zero-order valence-corrected chi connectivity index (χ0v) is 12.4. The van der Waals surface area contributed by atoms with E-state index in [1.54, 1.807) is 17.8 Å². The second-order valence-corrected chi connectivity index (χ2v) is 6.03. The summed E-state index contributed by atoms with van der Waals surface area (Å²) in [5.74, 6) is 0.552. The van der Waals surface area contributed by atoms with Gasteiger partial charge in [-0.1, -0.05) is 29.8 Å². The number of halogens is 1. The lowest BCUT2D eigenvalue weighted by atomic mass is 10.1. The highest BCUT2D eigenvalue weighted by Crippen LogP contribution is 2.11. The molecule has 0 bridgehead atoms. The number of rotatable bonds is 5. The summed E-state index contributed by atoms with van der Waals surface area (Å²) in [6.45, 7) is 6.85. The summed E-state index contributed by atoms with van der Waals surface area (Å²) >= 11 is 3.57. The zero-order valence-electron chi connectivity index (χ0n) is 10.8. The van der Waals surface area contributed by atoms with E-state index in [0.29, 0.717) is 23.0 Å². The van der Waals surface area contributed by atoms with Gasteiger partial charge >= 0.3 is 0 Å². The maximum Gasteiger partial charge on any atom is 0.269 e.